The highest BCUT2D eigenvalue weighted by Gasteiger charge is 2.28. The third-order valence-electron chi connectivity index (χ3n) is 7.78. The predicted molar refractivity (Wildman–Crippen MR) is 169 cm³/mol. The van der Waals surface area contributed by atoms with E-state index >= 15 is 0 Å². The summed E-state index contributed by atoms with van der Waals surface area (Å²) in [6, 6.07) is 8.46. The molecular weight excluding hydrogens is 606 g/mol. The van der Waals surface area contributed by atoms with Crippen molar-refractivity contribution < 1.29 is 27.9 Å². The van der Waals surface area contributed by atoms with Crippen LogP contribution in [0.3, 0.4) is 0 Å². The van der Waals surface area contributed by atoms with Crippen LogP contribution in [0.25, 0.3) is 5.69 Å². The van der Waals surface area contributed by atoms with Gasteiger partial charge in [0.1, 0.15) is 0 Å². The summed E-state index contributed by atoms with van der Waals surface area (Å²) in [5.74, 6) is -2.70. The van der Waals surface area contributed by atoms with Crippen LogP contribution in [0.1, 0.15) is 88.9 Å². The minimum absolute atomic E-state index is 0.0111. The maximum absolute atomic E-state index is 13.4. The molecule has 2 aromatic carbocycles. The topological polar surface area (TPSA) is 142 Å². The van der Waals surface area contributed by atoms with Gasteiger partial charge in [-0.1, -0.05) is 38.3 Å². The van der Waals surface area contributed by atoms with E-state index in [1.165, 1.54) is 22.9 Å². The first-order valence-electron chi connectivity index (χ1n) is 14.8. The van der Waals surface area contributed by atoms with E-state index < -0.39 is 21.9 Å². The zero-order valence-electron chi connectivity index (χ0n) is 25.4. The van der Waals surface area contributed by atoms with Gasteiger partial charge in [-0.3, -0.25) is 9.59 Å². The van der Waals surface area contributed by atoms with Crippen LogP contribution in [0.2, 0.25) is 5.02 Å². The van der Waals surface area contributed by atoms with Crippen LogP contribution in [-0.4, -0.2) is 72.2 Å². The van der Waals surface area contributed by atoms with E-state index in [1.807, 2.05) is 25.5 Å². The van der Waals surface area contributed by atoms with Crippen molar-refractivity contribution in [3.63, 3.8) is 0 Å². The van der Waals surface area contributed by atoms with Gasteiger partial charge in [-0.15, -0.1) is 0 Å². The highest BCUT2D eigenvalue weighted by Crippen LogP contribution is 2.30. The van der Waals surface area contributed by atoms with Gasteiger partial charge in [0, 0.05) is 37.4 Å². The van der Waals surface area contributed by atoms with E-state index in [4.69, 9.17) is 11.6 Å². The summed E-state index contributed by atoms with van der Waals surface area (Å²) in [6.45, 7) is 10.4. The van der Waals surface area contributed by atoms with E-state index in [2.05, 4.69) is 10.00 Å². The van der Waals surface area contributed by atoms with Crippen molar-refractivity contribution in [3.8, 4) is 5.69 Å². The number of hydrogen-bond donors (Lipinski definition) is 2. The molecule has 44 heavy (non-hydrogen) atoms. The van der Waals surface area contributed by atoms with Gasteiger partial charge in [-0.25, -0.2) is 22.6 Å². The van der Waals surface area contributed by atoms with Gasteiger partial charge in [-0.05, 0) is 75.1 Å². The Morgan fingerprint density at radius 3 is 2.30 bits per heavy atom. The van der Waals surface area contributed by atoms with Crippen LogP contribution >= 0.6 is 11.6 Å². The van der Waals surface area contributed by atoms with Crippen molar-refractivity contribution in [2.75, 3.05) is 31.1 Å². The number of amides is 2. The summed E-state index contributed by atoms with van der Waals surface area (Å²) in [5, 5.41) is 14.5. The Kier molecular flexibility index (Phi) is 10.4. The molecule has 0 bridgehead atoms. The molecule has 13 heteroatoms. The van der Waals surface area contributed by atoms with E-state index in [-0.39, 0.29) is 38.3 Å². The lowest BCUT2D eigenvalue weighted by molar-refractivity contribution is 0.0695. The Morgan fingerprint density at radius 1 is 1.02 bits per heavy atom. The number of anilines is 1. The van der Waals surface area contributed by atoms with Crippen LogP contribution in [-0.2, 0) is 16.4 Å². The Bertz CT molecular complexity index is 1680. The molecule has 1 aliphatic rings. The molecule has 11 nitrogen and oxygen atoms in total. The molecule has 2 amide bonds. The van der Waals surface area contributed by atoms with E-state index in [0.29, 0.717) is 25.2 Å². The third kappa shape index (κ3) is 6.76. The second-order valence-electron chi connectivity index (χ2n) is 10.8. The summed E-state index contributed by atoms with van der Waals surface area (Å²) >= 11 is 6.56. The number of rotatable bonds is 13. The number of halogens is 1. The summed E-state index contributed by atoms with van der Waals surface area (Å²) in [5.41, 5.74) is 1.78. The van der Waals surface area contributed by atoms with E-state index in [9.17, 15) is 27.9 Å². The summed E-state index contributed by atoms with van der Waals surface area (Å²) < 4.78 is 29.5. The maximum Gasteiger partial charge on any atom is 0.337 e. The molecule has 2 heterocycles. The van der Waals surface area contributed by atoms with Crippen molar-refractivity contribution in [3.05, 3.63) is 69.5 Å². The minimum atomic E-state index is -4.23. The number of fused-ring (bicyclic) bond motifs is 1. The molecule has 0 fully saturated rings. The number of carbonyl (C=O) groups excluding carboxylic acids is 2. The number of carbonyl (C=O) groups is 3. The molecule has 4 rings (SSSR count). The number of aromatic carboxylic acids is 1. The standard InChI is InChI=1S/C31H38ClN5O6S/c1-5-8-15-36(16-9-6-2)30(39)28-27(32)20(4)37(33-28)26-12-10-22(19-24(26)31(40)41)29(38)34-44(42,43)23-11-13-25-21(18-23)14-17-35(25)7-3/h10-13,18-19H,5-9,14-17H2,1-4H3,(H,34,38)(H,40,41). The average Bonchev–Trinajstić information content (AvgIpc) is 3.55. The van der Waals surface area contributed by atoms with Crippen LogP contribution in [0.15, 0.2) is 41.3 Å². The molecule has 0 saturated heterocycles. The zero-order chi connectivity index (χ0) is 32.2. The summed E-state index contributed by atoms with van der Waals surface area (Å²) in [6.07, 6.45) is 4.15. The van der Waals surface area contributed by atoms with Crippen LogP contribution in [0.4, 0.5) is 5.69 Å². The molecule has 0 aliphatic carbocycles. The maximum atomic E-state index is 13.4. The molecule has 0 saturated carbocycles. The number of likely N-dealkylation sites (N-methyl/N-ethyl adjacent to an activating group) is 1. The van der Waals surface area contributed by atoms with Crippen LogP contribution < -0.4 is 9.62 Å². The number of aromatic nitrogens is 2. The molecule has 0 unspecified atom stereocenters. The van der Waals surface area contributed by atoms with Gasteiger partial charge in [0.05, 0.1) is 26.9 Å². The fourth-order valence-electron chi connectivity index (χ4n) is 5.23. The van der Waals surface area contributed by atoms with Crippen molar-refractivity contribution in [2.45, 2.75) is 64.7 Å². The monoisotopic (exact) mass is 643 g/mol. The Balaban J connectivity index is 1.62. The van der Waals surface area contributed by atoms with Gasteiger partial charge < -0.3 is 14.9 Å². The van der Waals surface area contributed by atoms with Crippen molar-refractivity contribution in [2.24, 2.45) is 0 Å². The van der Waals surface area contributed by atoms with Gasteiger partial charge in [-0.2, -0.15) is 5.10 Å². The fraction of sp³-hybridized carbons (Fsp3) is 0.419. The van der Waals surface area contributed by atoms with Crippen molar-refractivity contribution in [1.82, 2.24) is 19.4 Å². The van der Waals surface area contributed by atoms with E-state index in [0.717, 1.165) is 56.1 Å². The molecule has 1 aromatic heterocycles. The second kappa shape index (κ2) is 13.8. The normalized spacial score (nSPS) is 12.7. The molecule has 0 radical (unpaired) electrons. The largest absolute Gasteiger partial charge is 0.478 e. The lowest BCUT2D eigenvalue weighted by Gasteiger charge is -2.21. The Hall–Kier alpha value is -3.90. The first kappa shape index (κ1) is 33.0. The van der Waals surface area contributed by atoms with Crippen molar-refractivity contribution >= 4 is 45.1 Å². The number of sulfonamides is 1. The van der Waals surface area contributed by atoms with Gasteiger partial charge >= 0.3 is 5.97 Å². The predicted octanol–water partition coefficient (Wildman–Crippen LogP) is 5.08. The Morgan fingerprint density at radius 2 is 1.68 bits per heavy atom. The molecule has 0 spiro atoms. The second-order valence-corrected chi connectivity index (χ2v) is 12.8. The zero-order valence-corrected chi connectivity index (χ0v) is 27.0. The lowest BCUT2D eigenvalue weighted by Crippen LogP contribution is -2.33. The van der Waals surface area contributed by atoms with Crippen LogP contribution in [0, 0.1) is 6.92 Å². The number of unbranched alkanes of at least 4 members (excludes halogenated alkanes) is 2. The summed E-state index contributed by atoms with van der Waals surface area (Å²) in [7, 11) is -4.23. The fourth-order valence-corrected chi connectivity index (χ4v) is 6.46. The number of nitrogens with one attached hydrogen (secondary N) is 1. The molecule has 0 atom stereocenters. The molecule has 2 N–H and O–H groups in total. The van der Waals surface area contributed by atoms with Gasteiger partial charge in [0.25, 0.3) is 21.8 Å². The molecule has 3 aromatic rings. The minimum Gasteiger partial charge on any atom is -0.478 e. The first-order chi connectivity index (χ1) is 20.9. The molecular formula is C31H38ClN5O6S. The highest BCUT2D eigenvalue weighted by molar-refractivity contribution is 7.90. The summed E-state index contributed by atoms with van der Waals surface area (Å²) in [4.78, 5) is 42.6. The number of nitrogens with zero attached hydrogens (tertiary/aromatic N) is 4. The SMILES string of the molecule is CCCCN(CCCC)C(=O)c1nn(-c2ccc(C(=O)NS(=O)(=O)c3ccc4c(c3)CCN4CC)cc2C(=O)O)c(C)c1Cl. The lowest BCUT2D eigenvalue weighted by atomic mass is 10.1. The van der Waals surface area contributed by atoms with Gasteiger partial charge in [0.15, 0.2) is 5.69 Å². The smallest absolute Gasteiger partial charge is 0.337 e. The van der Waals surface area contributed by atoms with Crippen LogP contribution in [0.5, 0.6) is 0 Å². The van der Waals surface area contributed by atoms with Gasteiger partial charge in [0.2, 0.25) is 0 Å². The number of carboxylic acid groups (broad SMARTS) is 1. The average molecular weight is 644 g/mol. The molecule has 1 aliphatic heterocycles. The highest BCUT2D eigenvalue weighted by atomic mass is 35.5. The quantitative estimate of drug-likeness (QED) is 0.263. The first-order valence-corrected chi connectivity index (χ1v) is 16.7. The third-order valence-corrected chi connectivity index (χ3v) is 9.56. The Labute approximate surface area is 262 Å². The number of carboxylic acids is 1. The van der Waals surface area contributed by atoms with E-state index in [1.54, 1.807) is 24.0 Å². The number of hydrogen-bond acceptors (Lipinski definition) is 7. The van der Waals surface area contributed by atoms with Crippen molar-refractivity contribution in [1.29, 1.82) is 0 Å². The molecule has 236 valence electrons. The number of benzene rings is 2.